The maximum Gasteiger partial charge on any atom is 0.188 e. The van der Waals surface area contributed by atoms with Crippen molar-refractivity contribution in [3.63, 3.8) is 0 Å². The van der Waals surface area contributed by atoms with Crippen LogP contribution in [0.15, 0.2) is 179 Å². The van der Waals surface area contributed by atoms with Crippen LogP contribution in [0, 0.1) is 0 Å². The van der Waals surface area contributed by atoms with E-state index in [4.69, 9.17) is 13.6 Å². The first-order chi connectivity index (χ1) is 23.8. The minimum Gasteiger partial charge on any atom is -0.464 e. The Morgan fingerprint density at radius 3 is 1.79 bits per heavy atom. The Balaban J connectivity index is 1.30. The molecule has 0 aliphatic carbocycles. The number of rotatable bonds is 4. The molecule has 4 heteroatoms. The fourth-order valence-corrected chi connectivity index (χ4v) is 12.8. The Bertz CT molecular complexity index is 2610. The number of fused-ring (bicyclic) bond motifs is 6. The van der Waals surface area contributed by atoms with E-state index in [1.54, 1.807) is 6.26 Å². The maximum atomic E-state index is 6.87. The lowest BCUT2D eigenvalue weighted by atomic mass is 9.99. The van der Waals surface area contributed by atoms with Crippen LogP contribution in [0.2, 0.25) is 0 Å². The average molecular weight is 633 g/mol. The molecule has 0 N–H and O–H groups in total. The predicted molar refractivity (Wildman–Crippen MR) is 198 cm³/mol. The van der Waals surface area contributed by atoms with E-state index in [0.29, 0.717) is 0 Å². The van der Waals surface area contributed by atoms with E-state index in [1.165, 1.54) is 20.7 Å². The van der Waals surface area contributed by atoms with Crippen LogP contribution in [-0.2, 0) is 0 Å². The highest BCUT2D eigenvalue weighted by atomic mass is 28.3. The van der Waals surface area contributed by atoms with Crippen molar-refractivity contribution in [1.29, 1.82) is 0 Å². The largest absolute Gasteiger partial charge is 0.464 e. The van der Waals surface area contributed by atoms with E-state index < -0.39 is 8.07 Å². The molecule has 7 aromatic carbocycles. The Labute approximate surface area is 278 Å². The van der Waals surface area contributed by atoms with E-state index in [2.05, 4.69) is 146 Å². The summed E-state index contributed by atoms with van der Waals surface area (Å²) in [5.74, 6) is 1.80. The van der Waals surface area contributed by atoms with E-state index in [1.807, 2.05) is 18.2 Å². The van der Waals surface area contributed by atoms with Crippen LogP contribution in [0.25, 0.3) is 55.2 Å². The predicted octanol–water partition coefficient (Wildman–Crippen LogP) is 9.15. The fraction of sp³-hybridized carbons (Fsp3) is 0. The molecule has 1 aliphatic rings. The standard InChI is InChI=1S/C44H28O3Si/c1-3-12-32(13-4-1)48(33-14-5-2-6-15-33)41-27-30(34-17-10-20-40-43(34)36-16-7-8-19-37(36)46-40)21-23-38(41)47-39-24-22-31(28-42(39)48)35-18-9-11-29-25-26-45-44(29)35/h1-28H. The number of hydrogen-bond donors (Lipinski definition) is 0. The van der Waals surface area contributed by atoms with Gasteiger partial charge in [0.25, 0.3) is 0 Å². The lowest BCUT2D eigenvalue weighted by Gasteiger charge is -2.40. The summed E-state index contributed by atoms with van der Waals surface area (Å²) in [5, 5.41) is 8.39. The highest BCUT2D eigenvalue weighted by Gasteiger charge is 2.48. The highest BCUT2D eigenvalue weighted by Crippen LogP contribution is 2.39. The monoisotopic (exact) mass is 632 g/mol. The minimum absolute atomic E-state index is 0.888. The molecule has 3 heterocycles. The van der Waals surface area contributed by atoms with E-state index in [9.17, 15) is 0 Å². The molecule has 0 unspecified atom stereocenters. The molecule has 3 nitrogen and oxygen atoms in total. The molecule has 0 saturated carbocycles. The number of para-hydroxylation sites is 2. The highest BCUT2D eigenvalue weighted by molar-refractivity contribution is 7.20. The summed E-state index contributed by atoms with van der Waals surface area (Å²) in [5.41, 5.74) is 7.14. The molecule has 9 aromatic rings. The molecule has 2 aromatic heterocycles. The molecule has 0 radical (unpaired) electrons. The van der Waals surface area contributed by atoms with Crippen LogP contribution >= 0.6 is 0 Å². The van der Waals surface area contributed by atoms with Gasteiger partial charge >= 0.3 is 0 Å². The molecule has 10 rings (SSSR count). The van der Waals surface area contributed by atoms with Gasteiger partial charge in [0.1, 0.15) is 28.2 Å². The van der Waals surface area contributed by atoms with Crippen molar-refractivity contribution in [2.24, 2.45) is 0 Å². The quantitative estimate of drug-likeness (QED) is 0.182. The first kappa shape index (κ1) is 27.1. The van der Waals surface area contributed by atoms with Crippen molar-refractivity contribution in [3.05, 3.63) is 170 Å². The lowest BCUT2D eigenvalue weighted by Crippen LogP contribution is -2.76. The van der Waals surface area contributed by atoms with E-state index in [-0.39, 0.29) is 0 Å². The van der Waals surface area contributed by atoms with Gasteiger partial charge in [-0.1, -0.05) is 133 Å². The molecule has 1 aliphatic heterocycles. The van der Waals surface area contributed by atoms with Crippen molar-refractivity contribution in [2.75, 3.05) is 0 Å². The first-order valence-corrected chi connectivity index (χ1v) is 18.2. The number of furan rings is 2. The number of benzene rings is 7. The summed E-state index contributed by atoms with van der Waals surface area (Å²) < 4.78 is 19.2. The van der Waals surface area contributed by atoms with Crippen molar-refractivity contribution in [1.82, 2.24) is 0 Å². The molecule has 0 bridgehead atoms. The van der Waals surface area contributed by atoms with Gasteiger partial charge in [0, 0.05) is 21.7 Å². The van der Waals surface area contributed by atoms with Gasteiger partial charge in [0.15, 0.2) is 8.07 Å². The molecular weight excluding hydrogens is 605 g/mol. The summed E-state index contributed by atoms with van der Waals surface area (Å²) in [6.07, 6.45) is 1.77. The van der Waals surface area contributed by atoms with Gasteiger partial charge in [0.2, 0.25) is 0 Å². The zero-order valence-electron chi connectivity index (χ0n) is 25.9. The summed E-state index contributed by atoms with van der Waals surface area (Å²) in [4.78, 5) is 0. The molecule has 0 atom stereocenters. The zero-order chi connectivity index (χ0) is 31.7. The van der Waals surface area contributed by atoms with Crippen molar-refractivity contribution < 1.29 is 13.6 Å². The molecule has 0 spiro atoms. The minimum atomic E-state index is -2.94. The molecule has 0 fully saturated rings. The summed E-state index contributed by atoms with van der Waals surface area (Å²) >= 11 is 0. The van der Waals surface area contributed by atoms with Crippen LogP contribution in [0.4, 0.5) is 0 Å². The zero-order valence-corrected chi connectivity index (χ0v) is 26.9. The van der Waals surface area contributed by atoms with Crippen molar-refractivity contribution in [3.8, 4) is 33.8 Å². The van der Waals surface area contributed by atoms with Gasteiger partial charge in [-0.2, -0.15) is 0 Å². The number of ether oxygens (including phenoxy) is 1. The third-order valence-electron chi connectivity index (χ3n) is 9.90. The van der Waals surface area contributed by atoms with Crippen LogP contribution in [0.5, 0.6) is 11.5 Å². The van der Waals surface area contributed by atoms with E-state index in [0.717, 1.165) is 66.7 Å². The second-order valence-electron chi connectivity index (χ2n) is 12.4. The topological polar surface area (TPSA) is 35.5 Å². The molecule has 0 amide bonds. The molecule has 0 saturated heterocycles. The summed E-state index contributed by atoms with van der Waals surface area (Å²) in [7, 11) is -2.94. The van der Waals surface area contributed by atoms with Crippen LogP contribution < -0.4 is 25.5 Å². The maximum absolute atomic E-state index is 6.87. The molecule has 226 valence electrons. The Kier molecular flexibility index (Phi) is 5.89. The fourth-order valence-electron chi connectivity index (χ4n) is 7.82. The summed E-state index contributed by atoms with van der Waals surface area (Å²) in [6.45, 7) is 0. The Morgan fingerprint density at radius 1 is 0.458 bits per heavy atom. The van der Waals surface area contributed by atoms with Crippen LogP contribution in [-0.4, -0.2) is 8.07 Å². The summed E-state index contributed by atoms with van der Waals surface area (Å²) in [6, 6.07) is 58.5. The van der Waals surface area contributed by atoms with Crippen molar-refractivity contribution in [2.45, 2.75) is 0 Å². The van der Waals surface area contributed by atoms with Crippen LogP contribution in [0.1, 0.15) is 0 Å². The lowest BCUT2D eigenvalue weighted by molar-refractivity contribution is 0.487. The average Bonchev–Trinajstić information content (AvgIpc) is 3.79. The van der Waals surface area contributed by atoms with Gasteiger partial charge < -0.3 is 13.6 Å². The number of hydrogen-bond acceptors (Lipinski definition) is 3. The Hall–Kier alpha value is -6.10. The van der Waals surface area contributed by atoms with Gasteiger partial charge in [-0.25, -0.2) is 0 Å². The normalized spacial score (nSPS) is 13.3. The van der Waals surface area contributed by atoms with Crippen molar-refractivity contribution >= 4 is 61.7 Å². The van der Waals surface area contributed by atoms with Crippen LogP contribution in [0.3, 0.4) is 0 Å². The van der Waals surface area contributed by atoms with Gasteiger partial charge in [-0.15, -0.1) is 0 Å². The second-order valence-corrected chi connectivity index (χ2v) is 16.2. The first-order valence-electron chi connectivity index (χ1n) is 16.2. The smallest absolute Gasteiger partial charge is 0.188 e. The Morgan fingerprint density at radius 2 is 1.06 bits per heavy atom. The second kappa shape index (κ2) is 10.5. The SMILES string of the molecule is c1ccc([Si]2(c3ccccc3)c3cc(-c4cccc5ccoc45)ccc3Oc3ccc(-c4cccc5oc6ccccc6c45)cc32)cc1. The molecular formula is C44H28O3Si. The van der Waals surface area contributed by atoms with Gasteiger partial charge in [-0.05, 0) is 67.8 Å². The molecule has 48 heavy (non-hydrogen) atoms. The third kappa shape index (κ3) is 3.87. The van der Waals surface area contributed by atoms with Gasteiger partial charge in [0.05, 0.1) is 6.26 Å². The van der Waals surface area contributed by atoms with E-state index >= 15 is 0 Å². The third-order valence-corrected chi connectivity index (χ3v) is 14.7. The van der Waals surface area contributed by atoms with Gasteiger partial charge in [-0.3, -0.25) is 0 Å².